The summed E-state index contributed by atoms with van der Waals surface area (Å²) in [7, 11) is 0. The first kappa shape index (κ1) is 23.8. The van der Waals surface area contributed by atoms with Crippen molar-refractivity contribution in [1.82, 2.24) is 20.5 Å². The number of hydrogen-bond acceptors (Lipinski definition) is 5. The van der Waals surface area contributed by atoms with Gasteiger partial charge >= 0.3 is 5.97 Å². The maximum Gasteiger partial charge on any atom is 0.308 e. The molecule has 0 saturated carbocycles. The lowest BCUT2D eigenvalue weighted by atomic mass is 10.0. The Balaban J connectivity index is 1.82. The standard InChI is InChI=1S/C23H25F2N5O3/c1-2-4-15(23(32)33)11-27-22(31)18-10-19(25)20(16-12-28-29-13-16)30-21(18)26-8-7-14-5-3-6-17(24)9-14/h3,5-6,9-10,12-13,15H,2,4,7-8,11H2,1H3,(H,26,30)(H,27,31)(H,28,29)(H,32,33)/t15-/m1/s1. The number of nitrogens with zero attached hydrogens (tertiary/aromatic N) is 2. The first-order chi connectivity index (χ1) is 15.9. The Hall–Kier alpha value is -3.82. The molecule has 0 saturated heterocycles. The number of carbonyl (C=O) groups excluding carboxylic acids is 1. The average Bonchev–Trinajstić information content (AvgIpc) is 3.31. The molecule has 8 nitrogen and oxygen atoms in total. The van der Waals surface area contributed by atoms with Gasteiger partial charge in [0, 0.05) is 24.8 Å². The maximum atomic E-state index is 14.8. The number of benzene rings is 1. The number of halogens is 2. The number of pyridine rings is 1. The molecule has 0 aliphatic heterocycles. The van der Waals surface area contributed by atoms with Gasteiger partial charge in [0.15, 0.2) is 5.82 Å². The minimum absolute atomic E-state index is 0.00273. The van der Waals surface area contributed by atoms with Crippen molar-refractivity contribution in [2.45, 2.75) is 26.2 Å². The molecule has 174 valence electrons. The third kappa shape index (κ3) is 6.34. The van der Waals surface area contributed by atoms with Crippen LogP contribution < -0.4 is 10.6 Å². The van der Waals surface area contributed by atoms with E-state index >= 15 is 0 Å². The molecule has 2 aromatic heterocycles. The van der Waals surface area contributed by atoms with Crippen LogP contribution in [0.5, 0.6) is 0 Å². The van der Waals surface area contributed by atoms with Crippen LogP contribution >= 0.6 is 0 Å². The van der Waals surface area contributed by atoms with Gasteiger partial charge in [-0.2, -0.15) is 5.10 Å². The number of hydrogen-bond donors (Lipinski definition) is 4. The van der Waals surface area contributed by atoms with Crippen molar-refractivity contribution in [3.63, 3.8) is 0 Å². The summed E-state index contributed by atoms with van der Waals surface area (Å²) in [6.45, 7) is 2.07. The summed E-state index contributed by atoms with van der Waals surface area (Å²) in [6, 6.07) is 7.19. The van der Waals surface area contributed by atoms with Gasteiger partial charge in [-0.25, -0.2) is 13.8 Å². The highest BCUT2D eigenvalue weighted by molar-refractivity contribution is 5.99. The van der Waals surface area contributed by atoms with E-state index in [1.165, 1.54) is 24.5 Å². The Bertz CT molecular complexity index is 1110. The monoisotopic (exact) mass is 457 g/mol. The van der Waals surface area contributed by atoms with Crippen LogP contribution in [0.15, 0.2) is 42.7 Å². The zero-order valence-electron chi connectivity index (χ0n) is 18.1. The molecule has 0 radical (unpaired) electrons. The van der Waals surface area contributed by atoms with Crippen molar-refractivity contribution < 1.29 is 23.5 Å². The molecule has 10 heteroatoms. The maximum absolute atomic E-state index is 14.8. The van der Waals surface area contributed by atoms with E-state index in [-0.39, 0.29) is 29.4 Å². The third-order valence-corrected chi connectivity index (χ3v) is 5.08. The summed E-state index contributed by atoms with van der Waals surface area (Å²) in [5, 5.41) is 21.3. The summed E-state index contributed by atoms with van der Waals surface area (Å²) in [5.41, 5.74) is 1.10. The topological polar surface area (TPSA) is 120 Å². The summed E-state index contributed by atoms with van der Waals surface area (Å²) >= 11 is 0. The first-order valence-electron chi connectivity index (χ1n) is 10.6. The Morgan fingerprint density at radius 2 is 2.06 bits per heavy atom. The lowest BCUT2D eigenvalue weighted by Crippen LogP contribution is -2.33. The molecule has 1 atom stereocenters. The van der Waals surface area contributed by atoms with Crippen molar-refractivity contribution in [2.24, 2.45) is 5.92 Å². The number of H-pyrrole nitrogens is 1. The van der Waals surface area contributed by atoms with E-state index < -0.39 is 23.6 Å². The average molecular weight is 457 g/mol. The second kappa shape index (κ2) is 11.2. The molecule has 0 bridgehead atoms. The SMILES string of the molecule is CCC[C@H](CNC(=O)c1cc(F)c(-c2cn[nH]c2)nc1NCCc1cccc(F)c1)C(=O)O. The quantitative estimate of drug-likeness (QED) is 0.349. The van der Waals surface area contributed by atoms with Crippen LogP contribution in [0.3, 0.4) is 0 Å². The van der Waals surface area contributed by atoms with Crippen molar-refractivity contribution in [1.29, 1.82) is 0 Å². The van der Waals surface area contributed by atoms with Gasteiger partial charge in [0.05, 0.1) is 17.7 Å². The number of carboxylic acids is 1. The molecule has 0 fully saturated rings. The molecule has 0 unspecified atom stereocenters. The highest BCUT2D eigenvalue weighted by atomic mass is 19.1. The zero-order chi connectivity index (χ0) is 23.8. The van der Waals surface area contributed by atoms with Gasteiger partial charge in [-0.1, -0.05) is 25.5 Å². The predicted molar refractivity (Wildman–Crippen MR) is 119 cm³/mol. The molecule has 1 amide bonds. The molecule has 0 aliphatic rings. The molecule has 2 heterocycles. The summed E-state index contributed by atoms with van der Waals surface area (Å²) in [5.74, 6) is -3.34. The smallest absolute Gasteiger partial charge is 0.308 e. The number of carboxylic acid groups (broad SMARTS) is 1. The lowest BCUT2D eigenvalue weighted by Gasteiger charge is -2.16. The van der Waals surface area contributed by atoms with Gasteiger partial charge < -0.3 is 15.7 Å². The molecular weight excluding hydrogens is 432 g/mol. The van der Waals surface area contributed by atoms with Gasteiger partial charge in [0.1, 0.15) is 17.3 Å². The fourth-order valence-electron chi connectivity index (χ4n) is 3.37. The van der Waals surface area contributed by atoms with E-state index in [9.17, 15) is 23.5 Å². The molecule has 1 aromatic carbocycles. The fourth-order valence-corrected chi connectivity index (χ4v) is 3.37. The Labute approximate surface area is 189 Å². The van der Waals surface area contributed by atoms with Crippen molar-refractivity contribution >= 4 is 17.7 Å². The van der Waals surface area contributed by atoms with Gasteiger partial charge in [-0.3, -0.25) is 14.7 Å². The molecule has 3 aromatic rings. The molecule has 0 aliphatic carbocycles. The Kier molecular flexibility index (Phi) is 8.06. The second-order valence-corrected chi connectivity index (χ2v) is 7.54. The van der Waals surface area contributed by atoms with Crippen LogP contribution in [0.2, 0.25) is 0 Å². The molecular formula is C23H25F2N5O3. The van der Waals surface area contributed by atoms with E-state index in [1.54, 1.807) is 12.1 Å². The number of anilines is 1. The minimum atomic E-state index is -1.01. The Morgan fingerprint density at radius 1 is 1.24 bits per heavy atom. The highest BCUT2D eigenvalue weighted by Gasteiger charge is 2.22. The number of rotatable bonds is 11. The van der Waals surface area contributed by atoms with E-state index in [2.05, 4.69) is 25.8 Å². The van der Waals surface area contributed by atoms with E-state index in [4.69, 9.17) is 0 Å². The predicted octanol–water partition coefficient (Wildman–Crippen LogP) is 3.64. The van der Waals surface area contributed by atoms with Gasteiger partial charge in [0.2, 0.25) is 0 Å². The summed E-state index contributed by atoms with van der Waals surface area (Å²) in [4.78, 5) is 28.5. The first-order valence-corrected chi connectivity index (χ1v) is 10.6. The van der Waals surface area contributed by atoms with Gasteiger partial charge in [-0.05, 0) is 36.6 Å². The van der Waals surface area contributed by atoms with Crippen LogP contribution in [0.25, 0.3) is 11.3 Å². The molecule has 4 N–H and O–H groups in total. The number of aromatic nitrogens is 3. The van der Waals surface area contributed by atoms with E-state index in [0.29, 0.717) is 31.4 Å². The molecule has 0 spiro atoms. The van der Waals surface area contributed by atoms with Gasteiger partial charge in [0.25, 0.3) is 5.91 Å². The molecule has 3 rings (SSSR count). The number of nitrogens with one attached hydrogen (secondary N) is 3. The van der Waals surface area contributed by atoms with Crippen LogP contribution in [0.1, 0.15) is 35.7 Å². The largest absolute Gasteiger partial charge is 0.481 e. The Morgan fingerprint density at radius 3 is 2.73 bits per heavy atom. The second-order valence-electron chi connectivity index (χ2n) is 7.54. The van der Waals surface area contributed by atoms with Crippen LogP contribution in [0.4, 0.5) is 14.6 Å². The minimum Gasteiger partial charge on any atom is -0.481 e. The number of aliphatic carboxylic acids is 1. The summed E-state index contributed by atoms with van der Waals surface area (Å²) in [6.07, 6.45) is 4.37. The summed E-state index contributed by atoms with van der Waals surface area (Å²) < 4.78 is 28.2. The van der Waals surface area contributed by atoms with E-state index in [0.717, 1.165) is 11.6 Å². The van der Waals surface area contributed by atoms with Crippen LogP contribution in [-0.4, -0.2) is 45.3 Å². The molecule has 33 heavy (non-hydrogen) atoms. The van der Waals surface area contributed by atoms with Crippen molar-refractivity contribution in [3.05, 3.63) is 65.5 Å². The van der Waals surface area contributed by atoms with Gasteiger partial charge in [-0.15, -0.1) is 0 Å². The lowest BCUT2D eigenvalue weighted by molar-refractivity contribution is -0.141. The van der Waals surface area contributed by atoms with Crippen molar-refractivity contribution in [2.75, 3.05) is 18.4 Å². The number of carbonyl (C=O) groups is 2. The van der Waals surface area contributed by atoms with Crippen LogP contribution in [0, 0.1) is 17.6 Å². The van der Waals surface area contributed by atoms with Crippen molar-refractivity contribution in [3.8, 4) is 11.3 Å². The number of amides is 1. The highest BCUT2D eigenvalue weighted by Crippen LogP contribution is 2.25. The fraction of sp³-hybridized carbons (Fsp3) is 0.304. The van der Waals surface area contributed by atoms with Crippen LogP contribution in [-0.2, 0) is 11.2 Å². The van der Waals surface area contributed by atoms with E-state index in [1.807, 2.05) is 6.92 Å². The third-order valence-electron chi connectivity index (χ3n) is 5.08. The number of aromatic amines is 1. The normalized spacial score (nSPS) is 11.7. The zero-order valence-corrected chi connectivity index (χ0v) is 18.1.